The van der Waals surface area contributed by atoms with Crippen molar-refractivity contribution in [3.05, 3.63) is 83.7 Å². The van der Waals surface area contributed by atoms with Crippen LogP contribution in [-0.4, -0.2) is 18.2 Å². The lowest BCUT2D eigenvalue weighted by Gasteiger charge is -2.15. The van der Waals surface area contributed by atoms with Gasteiger partial charge in [0.25, 0.3) is 0 Å². The third-order valence-corrected chi connectivity index (χ3v) is 3.92. The third kappa shape index (κ3) is 4.47. The molecule has 0 saturated carbocycles. The Morgan fingerprint density at radius 1 is 1.12 bits per heavy atom. The van der Waals surface area contributed by atoms with E-state index in [9.17, 15) is 4.79 Å². The van der Waals surface area contributed by atoms with Crippen molar-refractivity contribution in [1.82, 2.24) is 5.16 Å². The molecule has 2 aromatic carbocycles. The molecule has 5 heteroatoms. The number of aromatic nitrogens is 1. The van der Waals surface area contributed by atoms with E-state index in [0.717, 1.165) is 16.9 Å². The number of esters is 1. The predicted molar refractivity (Wildman–Crippen MR) is 92.2 cm³/mol. The number of benzene rings is 2. The molecule has 1 atom stereocenters. The fraction of sp³-hybridized carbons (Fsp3) is 0.200. The summed E-state index contributed by atoms with van der Waals surface area (Å²) in [5.74, 6) is 0.190. The molecular formula is C20H19NO4. The number of carbonyl (C=O) groups is 1. The highest BCUT2D eigenvalue weighted by Crippen LogP contribution is 2.30. The molecule has 0 amide bonds. The Labute approximate surface area is 146 Å². The molecule has 0 unspecified atom stereocenters. The molecule has 0 aliphatic rings. The highest BCUT2D eigenvalue weighted by Gasteiger charge is 2.21. The van der Waals surface area contributed by atoms with Gasteiger partial charge in [-0.05, 0) is 23.3 Å². The Balaban J connectivity index is 1.78. The van der Waals surface area contributed by atoms with Crippen molar-refractivity contribution < 1.29 is 18.8 Å². The van der Waals surface area contributed by atoms with Gasteiger partial charge in [-0.25, -0.2) is 0 Å². The molecular weight excluding hydrogens is 318 g/mol. The fourth-order valence-corrected chi connectivity index (χ4v) is 2.61. The van der Waals surface area contributed by atoms with Crippen molar-refractivity contribution >= 4 is 5.97 Å². The second-order valence-corrected chi connectivity index (χ2v) is 5.60. The van der Waals surface area contributed by atoms with Gasteiger partial charge in [0.05, 0.1) is 19.2 Å². The van der Waals surface area contributed by atoms with Gasteiger partial charge < -0.3 is 14.0 Å². The number of rotatable bonds is 7. The molecule has 0 spiro atoms. The summed E-state index contributed by atoms with van der Waals surface area (Å²) in [6, 6.07) is 19.4. The molecule has 0 aliphatic carbocycles. The monoisotopic (exact) mass is 337 g/mol. The fourth-order valence-electron chi connectivity index (χ4n) is 2.61. The summed E-state index contributed by atoms with van der Waals surface area (Å²) in [6.45, 7) is 0.482. The first kappa shape index (κ1) is 16.8. The number of ether oxygens (including phenoxy) is 2. The third-order valence-electron chi connectivity index (χ3n) is 3.92. The smallest absolute Gasteiger partial charge is 0.306 e. The van der Waals surface area contributed by atoms with Crippen LogP contribution in [0.15, 0.2) is 71.4 Å². The summed E-state index contributed by atoms with van der Waals surface area (Å²) >= 11 is 0. The lowest BCUT2D eigenvalue weighted by Crippen LogP contribution is -2.10. The summed E-state index contributed by atoms with van der Waals surface area (Å²) in [5, 5.41) is 3.98. The quantitative estimate of drug-likeness (QED) is 0.611. The zero-order valence-electron chi connectivity index (χ0n) is 13.9. The lowest BCUT2D eigenvalue weighted by molar-refractivity contribution is -0.140. The van der Waals surface area contributed by atoms with Crippen LogP contribution < -0.4 is 4.74 Å². The number of methoxy groups -OCH3 is 1. The van der Waals surface area contributed by atoms with Crippen LogP contribution in [0.1, 0.15) is 29.2 Å². The van der Waals surface area contributed by atoms with E-state index in [4.69, 9.17) is 14.0 Å². The van der Waals surface area contributed by atoms with E-state index in [2.05, 4.69) is 5.16 Å². The summed E-state index contributed by atoms with van der Waals surface area (Å²) in [6.07, 6.45) is 1.68. The van der Waals surface area contributed by atoms with Gasteiger partial charge in [-0.2, -0.15) is 0 Å². The molecule has 0 bridgehead atoms. The predicted octanol–water partition coefficient (Wildman–Crippen LogP) is 3.95. The van der Waals surface area contributed by atoms with Gasteiger partial charge in [0.15, 0.2) is 0 Å². The Kier molecular flexibility index (Phi) is 5.46. The zero-order chi connectivity index (χ0) is 17.5. The topological polar surface area (TPSA) is 61.6 Å². The highest BCUT2D eigenvalue weighted by molar-refractivity contribution is 5.71. The van der Waals surface area contributed by atoms with Crippen LogP contribution >= 0.6 is 0 Å². The number of hydrogen-bond donors (Lipinski definition) is 0. The van der Waals surface area contributed by atoms with E-state index < -0.39 is 0 Å². The van der Waals surface area contributed by atoms with E-state index in [1.807, 2.05) is 54.6 Å². The van der Waals surface area contributed by atoms with E-state index in [0.29, 0.717) is 12.3 Å². The first-order chi connectivity index (χ1) is 12.3. The molecule has 0 fully saturated rings. The second kappa shape index (κ2) is 8.15. The summed E-state index contributed by atoms with van der Waals surface area (Å²) in [4.78, 5) is 11.8. The van der Waals surface area contributed by atoms with E-state index in [-0.39, 0.29) is 18.3 Å². The highest BCUT2D eigenvalue weighted by atomic mass is 16.5. The van der Waals surface area contributed by atoms with Crippen LogP contribution in [0, 0.1) is 0 Å². The van der Waals surface area contributed by atoms with Crippen LogP contribution in [-0.2, 0) is 16.1 Å². The van der Waals surface area contributed by atoms with Gasteiger partial charge in [0.1, 0.15) is 18.6 Å². The van der Waals surface area contributed by atoms with Crippen molar-refractivity contribution in [2.75, 3.05) is 7.11 Å². The van der Waals surface area contributed by atoms with Crippen molar-refractivity contribution in [1.29, 1.82) is 0 Å². The Morgan fingerprint density at radius 3 is 2.68 bits per heavy atom. The average Bonchev–Trinajstić information content (AvgIpc) is 3.19. The summed E-state index contributed by atoms with van der Waals surface area (Å²) in [5.41, 5.74) is 2.70. The van der Waals surface area contributed by atoms with Crippen LogP contribution in [0.25, 0.3) is 0 Å². The van der Waals surface area contributed by atoms with Gasteiger partial charge in [-0.1, -0.05) is 47.6 Å². The van der Waals surface area contributed by atoms with Crippen LogP contribution in [0.5, 0.6) is 5.75 Å². The van der Waals surface area contributed by atoms with Crippen molar-refractivity contribution in [3.8, 4) is 5.75 Å². The molecule has 1 heterocycles. The number of nitrogens with zero attached hydrogens (tertiary/aromatic N) is 1. The van der Waals surface area contributed by atoms with Crippen molar-refractivity contribution in [2.45, 2.75) is 18.9 Å². The maximum absolute atomic E-state index is 11.8. The minimum atomic E-state index is -0.302. The molecule has 3 rings (SSSR count). The first-order valence-corrected chi connectivity index (χ1v) is 8.00. The van der Waals surface area contributed by atoms with Gasteiger partial charge >= 0.3 is 5.97 Å². The minimum Gasteiger partial charge on any atom is -0.489 e. The molecule has 1 aromatic heterocycles. The summed E-state index contributed by atoms with van der Waals surface area (Å²) in [7, 11) is 1.38. The maximum atomic E-state index is 11.8. The van der Waals surface area contributed by atoms with Gasteiger partial charge in [0.2, 0.25) is 0 Å². The molecule has 3 aromatic rings. The Morgan fingerprint density at radius 2 is 1.96 bits per heavy atom. The lowest BCUT2D eigenvalue weighted by atomic mass is 9.92. The standard InChI is InChI=1S/C20H19NO4/c1-23-20(22)13-18(19-10-11-25-21-19)16-8-5-9-17(12-16)24-14-15-6-3-2-4-7-15/h2-12,18H,13-14H2,1H3/t18-/m1/s1. The van der Waals surface area contributed by atoms with Gasteiger partial charge in [-0.15, -0.1) is 0 Å². The van der Waals surface area contributed by atoms with E-state index in [1.165, 1.54) is 13.4 Å². The van der Waals surface area contributed by atoms with Crippen LogP contribution in [0.3, 0.4) is 0 Å². The van der Waals surface area contributed by atoms with Crippen molar-refractivity contribution in [2.24, 2.45) is 0 Å². The minimum absolute atomic E-state index is 0.186. The SMILES string of the molecule is COC(=O)C[C@H](c1cccc(OCc2ccccc2)c1)c1ccon1. The van der Waals surface area contributed by atoms with Crippen LogP contribution in [0.2, 0.25) is 0 Å². The number of carbonyl (C=O) groups excluding carboxylic acids is 1. The molecule has 5 nitrogen and oxygen atoms in total. The van der Waals surface area contributed by atoms with Crippen LogP contribution in [0.4, 0.5) is 0 Å². The molecule has 25 heavy (non-hydrogen) atoms. The van der Waals surface area contributed by atoms with E-state index in [1.54, 1.807) is 6.07 Å². The van der Waals surface area contributed by atoms with E-state index >= 15 is 0 Å². The molecule has 0 saturated heterocycles. The number of hydrogen-bond acceptors (Lipinski definition) is 5. The van der Waals surface area contributed by atoms with Gasteiger partial charge in [-0.3, -0.25) is 4.79 Å². The Hall–Kier alpha value is -3.08. The largest absolute Gasteiger partial charge is 0.489 e. The zero-order valence-corrected chi connectivity index (χ0v) is 13.9. The maximum Gasteiger partial charge on any atom is 0.306 e. The van der Waals surface area contributed by atoms with Gasteiger partial charge in [0, 0.05) is 12.0 Å². The average molecular weight is 337 g/mol. The first-order valence-electron chi connectivity index (χ1n) is 8.00. The van der Waals surface area contributed by atoms with Crippen molar-refractivity contribution in [3.63, 3.8) is 0 Å². The second-order valence-electron chi connectivity index (χ2n) is 5.60. The molecule has 0 radical (unpaired) electrons. The molecule has 0 aliphatic heterocycles. The summed E-state index contributed by atoms with van der Waals surface area (Å²) < 4.78 is 15.6. The Bertz CT molecular complexity index is 800. The molecule has 128 valence electrons. The molecule has 0 N–H and O–H groups in total. The normalized spacial score (nSPS) is 11.7.